The summed E-state index contributed by atoms with van der Waals surface area (Å²) in [6.45, 7) is 6.77. The van der Waals surface area contributed by atoms with Crippen LogP contribution < -0.4 is 5.32 Å². The van der Waals surface area contributed by atoms with Gasteiger partial charge in [-0.05, 0) is 78.1 Å². The summed E-state index contributed by atoms with van der Waals surface area (Å²) in [5.74, 6) is -0.423. The number of amides is 1. The minimum absolute atomic E-state index is 0.0459. The Labute approximate surface area is 299 Å². The molecule has 0 aromatic carbocycles. The van der Waals surface area contributed by atoms with E-state index < -0.39 is 34.0 Å². The molecule has 0 bridgehead atoms. The lowest BCUT2D eigenvalue weighted by atomic mass is 9.85. The molecule has 0 rings (SSSR count). The lowest BCUT2D eigenvalue weighted by molar-refractivity contribution is -0.539. The number of Topliss-reactive ketones (excluding diaryl/α,β-unsaturated/α-hetero) is 1. The van der Waals surface area contributed by atoms with Crippen molar-refractivity contribution in [2.75, 3.05) is 7.05 Å². The van der Waals surface area contributed by atoms with Crippen molar-refractivity contribution in [3.63, 3.8) is 0 Å². The summed E-state index contributed by atoms with van der Waals surface area (Å²) in [7, 11) is -3.43. The number of ketones is 1. The van der Waals surface area contributed by atoms with E-state index >= 15 is 0 Å². The van der Waals surface area contributed by atoms with E-state index in [0.29, 0.717) is 12.3 Å². The maximum atomic E-state index is 12.5. The Morgan fingerprint density at radius 3 is 1.35 bits per heavy atom. The van der Waals surface area contributed by atoms with Crippen LogP contribution in [-0.4, -0.2) is 59.7 Å². The molecule has 10 nitrogen and oxygen atoms in total. The molecule has 0 saturated carbocycles. The van der Waals surface area contributed by atoms with E-state index in [2.05, 4.69) is 47.4 Å². The van der Waals surface area contributed by atoms with Crippen molar-refractivity contribution in [1.82, 2.24) is 0 Å². The van der Waals surface area contributed by atoms with Crippen LogP contribution in [0.5, 0.6) is 0 Å². The number of aliphatic hydroxyl groups is 2. The van der Waals surface area contributed by atoms with Gasteiger partial charge in [-0.25, -0.2) is 18.1 Å². The fraction of sp³-hybridized carbons (Fsp3) is 0.842. The molecule has 2 unspecified atom stereocenters. The van der Waals surface area contributed by atoms with Crippen LogP contribution in [-0.2, 0) is 29.2 Å². The van der Waals surface area contributed by atoms with Crippen molar-refractivity contribution in [3.8, 4) is 0 Å². The number of nitrogens with two attached hydrogens (primary N) is 1. The summed E-state index contributed by atoms with van der Waals surface area (Å²) in [5, 5.41) is 21.5. The van der Waals surface area contributed by atoms with E-state index in [9.17, 15) is 32.8 Å². The number of quaternary nitrogens is 1. The van der Waals surface area contributed by atoms with Crippen LogP contribution >= 0.6 is 0 Å². The summed E-state index contributed by atoms with van der Waals surface area (Å²) in [5.41, 5.74) is -2.33. The van der Waals surface area contributed by atoms with Crippen molar-refractivity contribution >= 4 is 22.1 Å². The third kappa shape index (κ3) is 29.9. The molecule has 0 aliphatic heterocycles. The second kappa shape index (κ2) is 33.7. The number of hydrogen-bond donors (Lipinski definition) is 3. The first-order valence-corrected chi connectivity index (χ1v) is 20.6. The fourth-order valence-electron chi connectivity index (χ4n) is 5.46. The molecule has 4 N–H and O–H groups in total. The van der Waals surface area contributed by atoms with Crippen molar-refractivity contribution < 1.29 is 47.3 Å². The Kier molecular flexibility index (Phi) is 34.1. The quantitative estimate of drug-likeness (QED) is 0.0158. The van der Waals surface area contributed by atoms with Crippen LogP contribution in [0.3, 0.4) is 0 Å². The Morgan fingerprint density at radius 2 is 1.00 bits per heavy atom. The molecule has 49 heavy (non-hydrogen) atoms. The molecule has 290 valence electrons. The smallest absolute Gasteiger partial charge is 0.310 e. The molecular weight excluding hydrogens is 646 g/mol. The van der Waals surface area contributed by atoms with Crippen molar-refractivity contribution in [2.45, 2.75) is 200 Å². The molecule has 0 radical (unpaired) electrons. The van der Waals surface area contributed by atoms with Crippen LogP contribution in [0.4, 0.5) is 0 Å². The summed E-state index contributed by atoms with van der Waals surface area (Å²) in [6, 6.07) is 0. The van der Waals surface area contributed by atoms with Gasteiger partial charge in [-0.1, -0.05) is 115 Å². The van der Waals surface area contributed by atoms with Gasteiger partial charge >= 0.3 is 5.91 Å². The molecular formula is C38H73NO9S. The lowest BCUT2D eigenvalue weighted by Crippen LogP contribution is -2.83. The second-order valence-electron chi connectivity index (χ2n) is 13.1. The van der Waals surface area contributed by atoms with E-state index in [1.165, 1.54) is 89.9 Å². The molecule has 1 amide bonds. The number of rotatable bonds is 32. The van der Waals surface area contributed by atoms with Gasteiger partial charge in [0.1, 0.15) is 0 Å². The van der Waals surface area contributed by atoms with Gasteiger partial charge < -0.3 is 14.8 Å². The Bertz CT molecular complexity index is 941. The summed E-state index contributed by atoms with van der Waals surface area (Å²) < 4.78 is 35.7. The third-order valence-electron chi connectivity index (χ3n) is 8.60. The minimum Gasteiger partial charge on any atom is -0.724 e. The molecule has 0 fully saturated rings. The average Bonchev–Trinajstić information content (AvgIpc) is 3.05. The highest BCUT2D eigenvalue weighted by molar-refractivity contribution is 7.80. The highest BCUT2D eigenvalue weighted by Crippen LogP contribution is 2.27. The first-order chi connectivity index (χ1) is 23.4. The number of carbonyl (C=O) groups excluding carboxylic acids is 2. The predicted octanol–water partition coefficient (Wildman–Crippen LogP) is 7.69. The van der Waals surface area contributed by atoms with Crippen molar-refractivity contribution in [3.05, 3.63) is 24.3 Å². The van der Waals surface area contributed by atoms with Gasteiger partial charge in [0.25, 0.3) is 0 Å². The number of hydrogen-bond acceptors (Lipinski definition) is 9. The SMILES string of the molecule is CCCCCC/C=C\CCCCCCCC(=O)C(OOS(=O)(=O)[O-])(C(C)O)C(C)O.CCCCCC/C=C\CCCCCCCC(=O)[NH2+]C. The fourth-order valence-corrected chi connectivity index (χ4v) is 5.65. The van der Waals surface area contributed by atoms with Gasteiger partial charge in [-0.2, -0.15) is 0 Å². The zero-order valence-corrected chi connectivity index (χ0v) is 32.5. The summed E-state index contributed by atoms with van der Waals surface area (Å²) >= 11 is 0. The molecule has 0 saturated heterocycles. The van der Waals surface area contributed by atoms with Crippen LogP contribution in [0.25, 0.3) is 0 Å². The first kappa shape index (κ1) is 49.6. The van der Waals surface area contributed by atoms with Crippen LogP contribution in [0.2, 0.25) is 0 Å². The van der Waals surface area contributed by atoms with E-state index in [-0.39, 0.29) is 6.42 Å². The number of unbranched alkanes of at least 4 members (excludes halogenated alkanes) is 18. The second-order valence-corrected chi connectivity index (χ2v) is 14.1. The van der Waals surface area contributed by atoms with Gasteiger partial charge in [0, 0.05) is 6.42 Å². The standard InChI is InChI=1S/C21H40O8S.C17H33NO/c1-4-5-6-7-8-9-10-11-12-13-14-15-16-17-20(24)21(18(2)22,19(3)23)28-29-30(25,26)27;1-3-4-5-6-7-8-9-10-11-12-13-14-15-16-17(19)18-2/h9-10,18-19,22-23H,4-8,11-17H2,1-3H3,(H,25,26,27);8-9H,3-7,10-16H2,1-2H3,(H,18,19)/b10-9-;9-8-. The number of primary amides is 1. The highest BCUT2D eigenvalue weighted by atomic mass is 32.3. The van der Waals surface area contributed by atoms with E-state index in [1.54, 1.807) is 5.32 Å². The number of carbonyl (C=O) groups is 2. The Balaban J connectivity index is 0. The van der Waals surface area contributed by atoms with Crippen LogP contribution in [0.15, 0.2) is 24.3 Å². The van der Waals surface area contributed by atoms with Gasteiger partial charge in [0.2, 0.25) is 16.0 Å². The predicted molar refractivity (Wildman–Crippen MR) is 196 cm³/mol. The van der Waals surface area contributed by atoms with Gasteiger partial charge in [0.15, 0.2) is 5.78 Å². The zero-order chi connectivity index (χ0) is 37.2. The van der Waals surface area contributed by atoms with Gasteiger partial charge in [-0.3, -0.25) is 10.1 Å². The molecule has 0 aromatic rings. The molecule has 0 heterocycles. The highest BCUT2D eigenvalue weighted by Gasteiger charge is 2.50. The molecule has 0 aliphatic rings. The largest absolute Gasteiger partial charge is 0.724 e. The van der Waals surface area contributed by atoms with Crippen molar-refractivity contribution in [2.24, 2.45) is 0 Å². The Hall–Kier alpha value is -1.47. The monoisotopic (exact) mass is 720 g/mol. The maximum absolute atomic E-state index is 12.5. The first-order valence-electron chi connectivity index (χ1n) is 19.2. The number of aliphatic hydroxyl groups excluding tert-OH is 2. The molecule has 11 heteroatoms. The minimum atomic E-state index is -5.26. The molecule has 0 aliphatic carbocycles. The molecule has 0 aromatic heterocycles. The van der Waals surface area contributed by atoms with Crippen molar-refractivity contribution in [1.29, 1.82) is 0 Å². The molecule has 2 atom stereocenters. The van der Waals surface area contributed by atoms with Gasteiger partial charge in [0.05, 0.1) is 25.7 Å². The Morgan fingerprint density at radius 1 is 0.653 bits per heavy atom. The topological polar surface area (TPSA) is 167 Å². The third-order valence-corrected chi connectivity index (χ3v) is 8.84. The van der Waals surface area contributed by atoms with E-state index in [1.807, 2.05) is 7.05 Å². The van der Waals surface area contributed by atoms with Crippen LogP contribution in [0, 0.1) is 0 Å². The number of allylic oxidation sites excluding steroid dienone is 4. The zero-order valence-electron chi connectivity index (χ0n) is 31.7. The van der Waals surface area contributed by atoms with E-state index in [4.69, 9.17) is 0 Å². The summed E-state index contributed by atoms with van der Waals surface area (Å²) in [6.07, 6.45) is 32.3. The van der Waals surface area contributed by atoms with Crippen LogP contribution in [0.1, 0.15) is 182 Å². The normalized spacial score (nSPS) is 14.4. The molecule has 0 spiro atoms. The maximum Gasteiger partial charge on any atom is 0.310 e. The average molecular weight is 720 g/mol. The lowest BCUT2D eigenvalue weighted by Gasteiger charge is -2.35. The summed E-state index contributed by atoms with van der Waals surface area (Å²) in [4.78, 5) is 28.1. The van der Waals surface area contributed by atoms with E-state index in [0.717, 1.165) is 65.2 Å². The van der Waals surface area contributed by atoms with Gasteiger partial charge in [-0.15, -0.1) is 4.33 Å².